The van der Waals surface area contributed by atoms with E-state index in [1.165, 1.54) is 75.5 Å². The van der Waals surface area contributed by atoms with Crippen LogP contribution in [0.4, 0.5) is 0 Å². The van der Waals surface area contributed by atoms with Crippen LogP contribution in [0.3, 0.4) is 0 Å². The van der Waals surface area contributed by atoms with Crippen molar-refractivity contribution in [2.75, 3.05) is 13.6 Å². The zero-order chi connectivity index (χ0) is 21.9. The number of allylic oxidation sites excluding steroid dienone is 6. The minimum absolute atomic E-state index is 0.202. The van der Waals surface area contributed by atoms with Crippen LogP contribution in [0.2, 0.25) is 0 Å². The number of pyridine rings is 1. The normalized spacial score (nSPS) is 41.7. The summed E-state index contributed by atoms with van der Waals surface area (Å²) < 4.78 is 0. The third-order valence-corrected chi connectivity index (χ3v) is 10.5. The average molecular weight is 429 g/mol. The average Bonchev–Trinajstić information content (AvgIpc) is 3.17. The minimum atomic E-state index is 0.202. The van der Waals surface area contributed by atoms with Gasteiger partial charge in [-0.1, -0.05) is 55.7 Å². The molecule has 6 rings (SSSR count). The van der Waals surface area contributed by atoms with Gasteiger partial charge in [0, 0.05) is 23.9 Å². The Morgan fingerprint density at radius 1 is 1.06 bits per heavy atom. The van der Waals surface area contributed by atoms with Crippen LogP contribution < -0.4 is 0 Å². The molecular formula is C30H40N2. The number of likely N-dealkylation sites (tertiary alicyclic amines) is 1. The summed E-state index contributed by atoms with van der Waals surface area (Å²) in [6, 6.07) is 5.16. The fourth-order valence-electron chi connectivity index (χ4n) is 8.66. The molecule has 0 amide bonds. The van der Waals surface area contributed by atoms with Crippen molar-refractivity contribution >= 4 is 5.57 Å². The van der Waals surface area contributed by atoms with Crippen LogP contribution in [0.15, 0.2) is 53.9 Å². The summed E-state index contributed by atoms with van der Waals surface area (Å²) in [6.45, 7) is 6.46. The topological polar surface area (TPSA) is 16.1 Å². The summed E-state index contributed by atoms with van der Waals surface area (Å²) in [5.41, 5.74) is 6.99. The smallest absolute Gasteiger partial charge is 0.0343 e. The van der Waals surface area contributed by atoms with Gasteiger partial charge >= 0.3 is 0 Å². The van der Waals surface area contributed by atoms with Crippen LogP contribution in [0.25, 0.3) is 5.57 Å². The molecule has 0 bridgehead atoms. The quantitative estimate of drug-likeness (QED) is 0.469. The maximum Gasteiger partial charge on any atom is 0.0343 e. The lowest BCUT2D eigenvalue weighted by Gasteiger charge is -2.57. The molecule has 5 aliphatic rings. The number of piperidine rings is 1. The molecule has 2 heteroatoms. The second-order valence-corrected chi connectivity index (χ2v) is 12.0. The van der Waals surface area contributed by atoms with Crippen LogP contribution in [0, 0.1) is 28.6 Å². The van der Waals surface area contributed by atoms with Gasteiger partial charge < -0.3 is 4.90 Å². The molecule has 0 radical (unpaired) electrons. The Balaban J connectivity index is 1.25. The van der Waals surface area contributed by atoms with E-state index in [9.17, 15) is 0 Å². The predicted molar refractivity (Wildman–Crippen MR) is 133 cm³/mol. The molecule has 3 unspecified atom stereocenters. The molecule has 0 spiro atoms. The highest BCUT2D eigenvalue weighted by molar-refractivity contribution is 5.78. The summed E-state index contributed by atoms with van der Waals surface area (Å²) >= 11 is 0. The molecule has 2 saturated carbocycles. The summed E-state index contributed by atoms with van der Waals surface area (Å²) in [5, 5.41) is 0. The van der Waals surface area contributed by atoms with E-state index in [0.29, 0.717) is 5.41 Å². The molecule has 1 aliphatic heterocycles. The zero-order valence-electron chi connectivity index (χ0n) is 20.3. The molecule has 4 aliphatic carbocycles. The van der Waals surface area contributed by atoms with Gasteiger partial charge in [0.25, 0.3) is 0 Å². The minimum Gasteiger partial charge on any atom is -0.303 e. The Kier molecular flexibility index (Phi) is 5.02. The van der Waals surface area contributed by atoms with Crippen molar-refractivity contribution in [2.45, 2.75) is 77.7 Å². The number of aromatic nitrogens is 1. The number of hydrogen-bond acceptors (Lipinski definition) is 2. The molecule has 6 atom stereocenters. The first-order valence-electron chi connectivity index (χ1n) is 13.2. The van der Waals surface area contributed by atoms with E-state index in [-0.39, 0.29) is 5.41 Å². The number of fused-ring (bicyclic) bond motifs is 5. The SMILES string of the molecule is CN1CCCCC1[C@H]1CC[C@@]2(C)C(=CCC3C4=CC=C(c5cccnc5)[C@@]4(C)CCC32)C1. The van der Waals surface area contributed by atoms with Crippen molar-refractivity contribution in [1.29, 1.82) is 0 Å². The fraction of sp³-hybridized carbons (Fsp3) is 0.633. The highest BCUT2D eigenvalue weighted by Gasteiger charge is 2.54. The molecule has 2 nitrogen and oxygen atoms in total. The van der Waals surface area contributed by atoms with E-state index in [0.717, 1.165) is 23.8 Å². The van der Waals surface area contributed by atoms with Crippen molar-refractivity contribution in [2.24, 2.45) is 28.6 Å². The maximum atomic E-state index is 4.42. The number of hydrogen-bond donors (Lipinski definition) is 0. The van der Waals surface area contributed by atoms with Crippen molar-refractivity contribution in [3.8, 4) is 0 Å². The van der Waals surface area contributed by atoms with Crippen LogP contribution >= 0.6 is 0 Å². The van der Waals surface area contributed by atoms with Crippen molar-refractivity contribution in [3.05, 3.63) is 59.5 Å². The first-order valence-corrected chi connectivity index (χ1v) is 13.2. The zero-order valence-corrected chi connectivity index (χ0v) is 20.3. The van der Waals surface area contributed by atoms with Crippen LogP contribution in [-0.4, -0.2) is 29.5 Å². The van der Waals surface area contributed by atoms with Crippen LogP contribution in [-0.2, 0) is 0 Å². The highest BCUT2D eigenvalue weighted by Crippen LogP contribution is 2.65. The molecule has 2 heterocycles. The molecule has 1 aromatic rings. The van der Waals surface area contributed by atoms with Gasteiger partial charge in [0.05, 0.1) is 0 Å². The van der Waals surface area contributed by atoms with E-state index in [1.807, 2.05) is 11.8 Å². The van der Waals surface area contributed by atoms with E-state index < -0.39 is 0 Å². The van der Waals surface area contributed by atoms with Crippen LogP contribution in [0.1, 0.15) is 77.2 Å². The lowest BCUT2D eigenvalue weighted by Crippen LogP contribution is -2.49. The Morgan fingerprint density at radius 2 is 1.97 bits per heavy atom. The molecule has 1 aromatic heterocycles. The predicted octanol–water partition coefficient (Wildman–Crippen LogP) is 7.06. The molecule has 3 fully saturated rings. The van der Waals surface area contributed by atoms with Crippen LogP contribution in [0.5, 0.6) is 0 Å². The maximum absolute atomic E-state index is 4.42. The monoisotopic (exact) mass is 428 g/mol. The molecule has 32 heavy (non-hydrogen) atoms. The molecule has 170 valence electrons. The first kappa shape index (κ1) is 20.9. The number of nitrogens with zero attached hydrogens (tertiary/aromatic N) is 2. The third-order valence-electron chi connectivity index (χ3n) is 10.5. The molecule has 1 saturated heterocycles. The van der Waals surface area contributed by atoms with Gasteiger partial charge in [0.1, 0.15) is 0 Å². The van der Waals surface area contributed by atoms with Gasteiger partial charge in [0.15, 0.2) is 0 Å². The van der Waals surface area contributed by atoms with E-state index in [4.69, 9.17) is 0 Å². The summed E-state index contributed by atoms with van der Waals surface area (Å²) in [4.78, 5) is 7.10. The van der Waals surface area contributed by atoms with Gasteiger partial charge in [0.2, 0.25) is 0 Å². The Bertz CT molecular complexity index is 972. The van der Waals surface area contributed by atoms with Crippen molar-refractivity contribution in [1.82, 2.24) is 9.88 Å². The Hall–Kier alpha value is -1.67. The van der Waals surface area contributed by atoms with Gasteiger partial charge in [-0.05, 0) is 105 Å². The second kappa shape index (κ2) is 7.69. The second-order valence-electron chi connectivity index (χ2n) is 12.0. The summed E-state index contributed by atoms with van der Waals surface area (Å²) in [6.07, 6.45) is 24.0. The Morgan fingerprint density at radius 3 is 2.78 bits per heavy atom. The first-order chi connectivity index (χ1) is 15.5. The largest absolute Gasteiger partial charge is 0.303 e. The fourth-order valence-corrected chi connectivity index (χ4v) is 8.66. The standard InChI is InChI=1S/C30H40N2/c1-29-15-13-21(28-8-4-5-18-32(28)3)19-23(29)9-10-24-26-12-11-25(22-7-6-17-31-20-22)30(26,2)16-14-27(24)29/h6-7,9,11-12,17,20-21,24,27-28H,4-5,8,10,13-16,18-19H2,1-3H3/t21-,24?,27?,28?,29-,30+/m0/s1. The van der Waals surface area contributed by atoms with E-state index >= 15 is 0 Å². The van der Waals surface area contributed by atoms with Gasteiger partial charge in [-0.3, -0.25) is 4.98 Å². The highest BCUT2D eigenvalue weighted by atomic mass is 15.1. The van der Waals surface area contributed by atoms with Crippen molar-refractivity contribution in [3.63, 3.8) is 0 Å². The van der Waals surface area contributed by atoms with Gasteiger partial charge in [-0.25, -0.2) is 0 Å². The third kappa shape index (κ3) is 3.05. The van der Waals surface area contributed by atoms with E-state index in [1.54, 1.807) is 5.57 Å². The molecule has 0 N–H and O–H groups in total. The van der Waals surface area contributed by atoms with E-state index in [2.05, 4.69) is 67.3 Å². The summed E-state index contributed by atoms with van der Waals surface area (Å²) in [5.74, 6) is 2.44. The lowest BCUT2D eigenvalue weighted by atomic mass is 9.48. The lowest BCUT2D eigenvalue weighted by molar-refractivity contribution is 0.0404. The Labute approximate surface area is 194 Å². The van der Waals surface area contributed by atoms with Gasteiger partial charge in [-0.2, -0.15) is 0 Å². The molecular weight excluding hydrogens is 388 g/mol. The molecule has 0 aromatic carbocycles. The van der Waals surface area contributed by atoms with Crippen molar-refractivity contribution < 1.29 is 0 Å². The van der Waals surface area contributed by atoms with Gasteiger partial charge in [-0.15, -0.1) is 0 Å². The number of rotatable bonds is 2. The summed E-state index contributed by atoms with van der Waals surface area (Å²) in [7, 11) is 2.38.